The molecule has 9 heteroatoms. The lowest BCUT2D eigenvalue weighted by molar-refractivity contribution is -0.137. The van der Waals surface area contributed by atoms with Gasteiger partial charge >= 0.3 is 6.18 Å². The molecule has 32 heavy (non-hydrogen) atoms. The molecule has 3 rings (SSSR count). The van der Waals surface area contributed by atoms with Crippen molar-refractivity contribution < 1.29 is 32.5 Å². The summed E-state index contributed by atoms with van der Waals surface area (Å²) in [5.41, 5.74) is 0.835. The Labute approximate surface area is 186 Å². The maximum atomic E-state index is 12.9. The highest BCUT2D eigenvalue weighted by Crippen LogP contribution is 2.32. The van der Waals surface area contributed by atoms with Crippen LogP contribution < -0.4 is 14.4 Å². The van der Waals surface area contributed by atoms with E-state index in [1.807, 2.05) is 17.0 Å². The average Bonchev–Trinajstić information content (AvgIpc) is 2.79. The molecule has 1 heterocycles. The van der Waals surface area contributed by atoms with Crippen molar-refractivity contribution in [3.8, 4) is 11.5 Å². The number of nitrogens with zero attached hydrogens (tertiary/aromatic N) is 2. The van der Waals surface area contributed by atoms with E-state index in [1.54, 1.807) is 26.4 Å². The van der Waals surface area contributed by atoms with Crippen molar-refractivity contribution in [2.24, 2.45) is 0 Å². The van der Waals surface area contributed by atoms with Crippen LogP contribution in [-0.4, -0.2) is 69.7 Å². The summed E-state index contributed by atoms with van der Waals surface area (Å²) in [7, 11) is 3.14. The van der Waals surface area contributed by atoms with Crippen LogP contribution in [0.15, 0.2) is 42.5 Å². The van der Waals surface area contributed by atoms with E-state index < -0.39 is 17.8 Å². The SMILES string of the molecule is COc1ccc(COC[C@@H](O)CN2CCN(c3cccc(C(F)(F)F)c3)CC2)cc1OC. The number of piperazine rings is 1. The van der Waals surface area contributed by atoms with Gasteiger partial charge in [-0.1, -0.05) is 12.1 Å². The van der Waals surface area contributed by atoms with Gasteiger partial charge in [-0.2, -0.15) is 13.2 Å². The zero-order valence-corrected chi connectivity index (χ0v) is 18.3. The Morgan fingerprint density at radius 2 is 1.69 bits per heavy atom. The predicted octanol–water partition coefficient (Wildman–Crippen LogP) is 3.42. The monoisotopic (exact) mass is 454 g/mol. The topological polar surface area (TPSA) is 54.4 Å². The molecule has 6 nitrogen and oxygen atoms in total. The molecule has 1 fully saturated rings. The van der Waals surface area contributed by atoms with E-state index in [2.05, 4.69) is 4.90 Å². The normalized spacial score (nSPS) is 16.1. The third-order valence-electron chi connectivity index (χ3n) is 5.41. The zero-order valence-electron chi connectivity index (χ0n) is 18.3. The standard InChI is InChI=1S/C23H29F3N2O4/c1-30-21-7-6-17(12-22(21)31-2)15-32-16-20(29)14-27-8-10-28(11-9-27)19-5-3-4-18(13-19)23(24,25)26/h3-7,12-13,20,29H,8-11,14-16H2,1-2H3/t20-/m0/s1. The van der Waals surface area contributed by atoms with Crippen LogP contribution in [0.2, 0.25) is 0 Å². The van der Waals surface area contributed by atoms with E-state index in [-0.39, 0.29) is 6.61 Å². The lowest BCUT2D eigenvalue weighted by Gasteiger charge is -2.37. The number of anilines is 1. The third kappa shape index (κ3) is 6.51. The van der Waals surface area contributed by atoms with E-state index in [4.69, 9.17) is 14.2 Å². The zero-order chi connectivity index (χ0) is 23.1. The van der Waals surface area contributed by atoms with E-state index in [0.29, 0.717) is 56.5 Å². The summed E-state index contributed by atoms with van der Waals surface area (Å²) in [6.45, 7) is 3.47. The summed E-state index contributed by atoms with van der Waals surface area (Å²) in [6, 6.07) is 10.9. The van der Waals surface area contributed by atoms with Crippen molar-refractivity contribution in [1.29, 1.82) is 0 Å². The highest BCUT2D eigenvalue weighted by atomic mass is 19.4. The Morgan fingerprint density at radius 3 is 2.34 bits per heavy atom. The molecule has 0 amide bonds. The van der Waals surface area contributed by atoms with E-state index in [1.165, 1.54) is 12.1 Å². The quantitative estimate of drug-likeness (QED) is 0.627. The molecule has 0 radical (unpaired) electrons. The second-order valence-electron chi connectivity index (χ2n) is 7.69. The molecular weight excluding hydrogens is 425 g/mol. The van der Waals surface area contributed by atoms with Crippen LogP contribution in [0, 0.1) is 0 Å². The van der Waals surface area contributed by atoms with Crippen LogP contribution >= 0.6 is 0 Å². The van der Waals surface area contributed by atoms with E-state index >= 15 is 0 Å². The van der Waals surface area contributed by atoms with Gasteiger partial charge in [0.25, 0.3) is 0 Å². The van der Waals surface area contributed by atoms with Crippen molar-refractivity contribution in [3.05, 3.63) is 53.6 Å². The lowest BCUT2D eigenvalue weighted by atomic mass is 10.1. The molecule has 1 aliphatic rings. The molecule has 2 aromatic rings. The van der Waals surface area contributed by atoms with Crippen molar-refractivity contribution in [2.45, 2.75) is 18.9 Å². The second-order valence-corrected chi connectivity index (χ2v) is 7.69. The van der Waals surface area contributed by atoms with Crippen LogP contribution in [0.4, 0.5) is 18.9 Å². The minimum atomic E-state index is -4.35. The number of rotatable bonds is 9. The highest BCUT2D eigenvalue weighted by Gasteiger charge is 2.31. The Hall–Kier alpha value is -2.49. The highest BCUT2D eigenvalue weighted by molar-refractivity contribution is 5.49. The van der Waals surface area contributed by atoms with Gasteiger partial charge in [-0.25, -0.2) is 0 Å². The largest absolute Gasteiger partial charge is 0.493 e. The Bertz CT molecular complexity index is 871. The molecule has 1 N–H and O–H groups in total. The second kappa shape index (κ2) is 10.9. The lowest BCUT2D eigenvalue weighted by Crippen LogP contribution is -2.49. The fourth-order valence-corrected chi connectivity index (χ4v) is 3.70. The summed E-state index contributed by atoms with van der Waals surface area (Å²) < 4.78 is 55.0. The minimum absolute atomic E-state index is 0.183. The summed E-state index contributed by atoms with van der Waals surface area (Å²) in [5.74, 6) is 1.26. The number of alkyl halides is 3. The maximum absolute atomic E-state index is 12.9. The maximum Gasteiger partial charge on any atom is 0.416 e. The molecular formula is C23H29F3N2O4. The molecule has 1 aliphatic heterocycles. The molecule has 0 aromatic heterocycles. The number of aliphatic hydroxyl groups is 1. The summed E-state index contributed by atoms with van der Waals surface area (Å²) in [6.07, 6.45) is -5.01. The smallest absolute Gasteiger partial charge is 0.416 e. The number of benzene rings is 2. The van der Waals surface area contributed by atoms with Crippen LogP contribution in [0.3, 0.4) is 0 Å². The predicted molar refractivity (Wildman–Crippen MR) is 115 cm³/mol. The van der Waals surface area contributed by atoms with Gasteiger partial charge in [0, 0.05) is 38.4 Å². The van der Waals surface area contributed by atoms with Gasteiger partial charge in [0.1, 0.15) is 0 Å². The number of β-amino-alcohol motifs (C(OH)–C–C–N with tert-alkyl or cyclic N) is 1. The molecule has 176 valence electrons. The number of methoxy groups -OCH3 is 2. The molecule has 0 saturated carbocycles. The molecule has 0 spiro atoms. The van der Waals surface area contributed by atoms with Crippen molar-refractivity contribution in [2.75, 3.05) is 58.5 Å². The third-order valence-corrected chi connectivity index (χ3v) is 5.41. The molecule has 0 bridgehead atoms. The van der Waals surface area contributed by atoms with Crippen LogP contribution in [-0.2, 0) is 17.5 Å². The Balaban J connectivity index is 1.42. The van der Waals surface area contributed by atoms with Crippen LogP contribution in [0.5, 0.6) is 11.5 Å². The van der Waals surface area contributed by atoms with Gasteiger partial charge in [-0.05, 0) is 35.9 Å². The van der Waals surface area contributed by atoms with Gasteiger partial charge < -0.3 is 24.2 Å². The number of hydrogen-bond acceptors (Lipinski definition) is 6. The fraction of sp³-hybridized carbons (Fsp3) is 0.478. The first-order valence-corrected chi connectivity index (χ1v) is 10.4. The first-order chi connectivity index (χ1) is 15.3. The first-order valence-electron chi connectivity index (χ1n) is 10.4. The number of halogens is 3. The van der Waals surface area contributed by atoms with Gasteiger partial charge in [0.05, 0.1) is 39.1 Å². The summed E-state index contributed by atoms with van der Waals surface area (Å²) >= 11 is 0. The first kappa shape index (κ1) is 24.2. The number of ether oxygens (including phenoxy) is 3. The Morgan fingerprint density at radius 1 is 0.969 bits per heavy atom. The minimum Gasteiger partial charge on any atom is -0.493 e. The summed E-state index contributed by atoms with van der Waals surface area (Å²) in [4.78, 5) is 4.03. The fourth-order valence-electron chi connectivity index (χ4n) is 3.70. The molecule has 0 aliphatic carbocycles. The molecule has 1 atom stereocenters. The van der Waals surface area contributed by atoms with Gasteiger partial charge in [-0.15, -0.1) is 0 Å². The molecule has 1 saturated heterocycles. The average molecular weight is 454 g/mol. The van der Waals surface area contributed by atoms with Crippen molar-refractivity contribution in [1.82, 2.24) is 4.90 Å². The van der Waals surface area contributed by atoms with Crippen molar-refractivity contribution >= 4 is 5.69 Å². The van der Waals surface area contributed by atoms with Gasteiger partial charge in [0.2, 0.25) is 0 Å². The van der Waals surface area contributed by atoms with Crippen LogP contribution in [0.1, 0.15) is 11.1 Å². The molecule has 2 aromatic carbocycles. The van der Waals surface area contributed by atoms with Crippen molar-refractivity contribution in [3.63, 3.8) is 0 Å². The summed E-state index contributed by atoms with van der Waals surface area (Å²) in [5, 5.41) is 10.3. The van der Waals surface area contributed by atoms with Gasteiger partial charge in [-0.3, -0.25) is 4.90 Å². The Kier molecular flexibility index (Phi) is 8.22. The van der Waals surface area contributed by atoms with Gasteiger partial charge in [0.15, 0.2) is 11.5 Å². The number of hydrogen-bond donors (Lipinski definition) is 1. The van der Waals surface area contributed by atoms with Crippen LogP contribution in [0.25, 0.3) is 0 Å². The van der Waals surface area contributed by atoms with E-state index in [0.717, 1.165) is 11.6 Å². The van der Waals surface area contributed by atoms with E-state index in [9.17, 15) is 18.3 Å². The number of aliphatic hydroxyl groups excluding tert-OH is 1. The molecule has 0 unspecified atom stereocenters.